The van der Waals surface area contributed by atoms with Crippen molar-refractivity contribution in [3.8, 4) is 0 Å². The number of nitrogens with zero attached hydrogens (tertiary/aromatic N) is 4. The maximum absolute atomic E-state index is 11.7. The first-order valence-corrected chi connectivity index (χ1v) is 9.26. The molecule has 0 radical (unpaired) electrons. The number of halogens is 1. The number of guanidine groups is 1. The Morgan fingerprint density at radius 2 is 2.07 bits per heavy atom. The van der Waals surface area contributed by atoms with Crippen LogP contribution in [0.3, 0.4) is 0 Å². The van der Waals surface area contributed by atoms with Crippen molar-refractivity contribution >= 4 is 35.9 Å². The standard InChI is InChI=1S/C20H27N5O2.HI/c1-21-20(25-9-6-18(7-10-25)19(26)27-2)23-13-16-4-3-5-17(12-16)14-24-11-8-22-15-24;/h3-5,8,11-12,15,18H,6-7,9-10,13-14H2,1-2H3,(H,21,23);1H. The van der Waals surface area contributed by atoms with Gasteiger partial charge >= 0.3 is 5.97 Å². The highest BCUT2D eigenvalue weighted by Gasteiger charge is 2.26. The van der Waals surface area contributed by atoms with Crippen LogP contribution in [0.1, 0.15) is 24.0 Å². The molecule has 2 aromatic rings. The zero-order valence-corrected chi connectivity index (χ0v) is 18.7. The van der Waals surface area contributed by atoms with Gasteiger partial charge in [-0.25, -0.2) is 4.98 Å². The van der Waals surface area contributed by atoms with Crippen molar-refractivity contribution in [2.75, 3.05) is 27.2 Å². The molecule has 0 atom stereocenters. The fraction of sp³-hybridized carbons (Fsp3) is 0.450. The molecule has 0 spiro atoms. The quantitative estimate of drug-likeness (QED) is 0.298. The number of imidazole rings is 1. The van der Waals surface area contributed by atoms with E-state index < -0.39 is 0 Å². The molecule has 1 saturated heterocycles. The fourth-order valence-electron chi connectivity index (χ4n) is 3.44. The van der Waals surface area contributed by atoms with E-state index in [1.807, 2.05) is 12.5 Å². The van der Waals surface area contributed by atoms with Gasteiger partial charge in [-0.05, 0) is 24.0 Å². The average Bonchev–Trinajstić information content (AvgIpc) is 3.21. The summed E-state index contributed by atoms with van der Waals surface area (Å²) < 4.78 is 6.91. The van der Waals surface area contributed by atoms with Gasteiger partial charge in [-0.2, -0.15) is 0 Å². The van der Waals surface area contributed by atoms with E-state index >= 15 is 0 Å². The third kappa shape index (κ3) is 5.95. The lowest BCUT2D eigenvalue weighted by Gasteiger charge is -2.33. The lowest BCUT2D eigenvalue weighted by atomic mass is 9.97. The van der Waals surface area contributed by atoms with Crippen molar-refractivity contribution < 1.29 is 9.53 Å². The van der Waals surface area contributed by atoms with Crippen LogP contribution >= 0.6 is 24.0 Å². The number of benzene rings is 1. The number of ether oxygens (including phenoxy) is 1. The Kier molecular flexibility index (Phi) is 8.75. The summed E-state index contributed by atoms with van der Waals surface area (Å²) in [5, 5.41) is 3.44. The summed E-state index contributed by atoms with van der Waals surface area (Å²) in [4.78, 5) is 22.4. The second kappa shape index (κ2) is 11.0. The molecule has 0 saturated carbocycles. The van der Waals surface area contributed by atoms with Gasteiger partial charge in [0, 0.05) is 45.6 Å². The molecule has 1 fully saturated rings. The molecule has 0 aliphatic carbocycles. The lowest BCUT2D eigenvalue weighted by molar-refractivity contribution is -0.146. The molecule has 0 amide bonds. The van der Waals surface area contributed by atoms with Crippen molar-refractivity contribution in [1.82, 2.24) is 19.8 Å². The van der Waals surface area contributed by atoms with E-state index in [9.17, 15) is 4.79 Å². The van der Waals surface area contributed by atoms with E-state index in [1.54, 1.807) is 13.2 Å². The van der Waals surface area contributed by atoms with Crippen LogP contribution in [-0.2, 0) is 22.6 Å². The number of methoxy groups -OCH3 is 1. The number of esters is 1. The highest BCUT2D eigenvalue weighted by molar-refractivity contribution is 14.0. The minimum absolute atomic E-state index is 0. The van der Waals surface area contributed by atoms with Crippen molar-refractivity contribution in [1.29, 1.82) is 0 Å². The molecule has 152 valence electrons. The van der Waals surface area contributed by atoms with Crippen molar-refractivity contribution in [2.45, 2.75) is 25.9 Å². The molecule has 8 heteroatoms. The Labute approximate surface area is 183 Å². The van der Waals surface area contributed by atoms with E-state index in [-0.39, 0.29) is 35.9 Å². The Balaban J connectivity index is 0.00000280. The van der Waals surface area contributed by atoms with Crippen LogP contribution in [-0.4, -0.2) is 53.6 Å². The van der Waals surface area contributed by atoms with Crippen LogP contribution in [0.15, 0.2) is 48.0 Å². The number of hydrogen-bond donors (Lipinski definition) is 1. The smallest absolute Gasteiger partial charge is 0.308 e. The molecule has 1 N–H and O–H groups in total. The monoisotopic (exact) mass is 497 g/mol. The molecule has 0 unspecified atom stereocenters. The third-order valence-electron chi connectivity index (χ3n) is 4.91. The largest absolute Gasteiger partial charge is 0.469 e. The van der Waals surface area contributed by atoms with E-state index in [0.29, 0.717) is 6.54 Å². The van der Waals surface area contributed by atoms with Crippen LogP contribution in [0.4, 0.5) is 0 Å². The maximum atomic E-state index is 11.7. The molecule has 2 heterocycles. The number of aromatic nitrogens is 2. The number of likely N-dealkylation sites (tertiary alicyclic amines) is 1. The first-order chi connectivity index (χ1) is 13.2. The highest BCUT2D eigenvalue weighted by atomic mass is 127. The summed E-state index contributed by atoms with van der Waals surface area (Å²) in [6.45, 7) is 3.13. The number of rotatable bonds is 5. The van der Waals surface area contributed by atoms with Crippen LogP contribution in [0.25, 0.3) is 0 Å². The summed E-state index contributed by atoms with van der Waals surface area (Å²) >= 11 is 0. The summed E-state index contributed by atoms with van der Waals surface area (Å²) in [5.74, 6) is 0.773. The van der Waals surface area contributed by atoms with Crippen molar-refractivity contribution in [3.63, 3.8) is 0 Å². The predicted octanol–water partition coefficient (Wildman–Crippen LogP) is 2.51. The van der Waals surface area contributed by atoms with Gasteiger partial charge in [0.15, 0.2) is 5.96 Å². The summed E-state index contributed by atoms with van der Waals surface area (Å²) in [6.07, 6.45) is 7.18. The minimum atomic E-state index is -0.104. The van der Waals surface area contributed by atoms with E-state index in [2.05, 4.69) is 49.0 Å². The van der Waals surface area contributed by atoms with Gasteiger partial charge in [-0.1, -0.05) is 24.3 Å². The highest BCUT2D eigenvalue weighted by Crippen LogP contribution is 2.18. The molecule has 7 nitrogen and oxygen atoms in total. The zero-order valence-electron chi connectivity index (χ0n) is 16.4. The number of piperidine rings is 1. The van der Waals surface area contributed by atoms with Gasteiger partial charge in [-0.3, -0.25) is 9.79 Å². The van der Waals surface area contributed by atoms with Gasteiger partial charge in [0.05, 0.1) is 19.4 Å². The molecule has 3 rings (SSSR count). The molecule has 0 bridgehead atoms. The minimum Gasteiger partial charge on any atom is -0.469 e. The molecule has 28 heavy (non-hydrogen) atoms. The lowest BCUT2D eigenvalue weighted by Crippen LogP contribution is -2.46. The fourth-order valence-corrected chi connectivity index (χ4v) is 3.44. The van der Waals surface area contributed by atoms with Crippen LogP contribution in [0.2, 0.25) is 0 Å². The van der Waals surface area contributed by atoms with E-state index in [1.165, 1.54) is 18.2 Å². The number of carbonyl (C=O) groups excluding carboxylic acids is 1. The molecule has 1 aliphatic heterocycles. The van der Waals surface area contributed by atoms with Gasteiger partial charge in [0.2, 0.25) is 0 Å². The molecule has 1 aromatic carbocycles. The van der Waals surface area contributed by atoms with Crippen molar-refractivity contribution in [3.05, 3.63) is 54.1 Å². The van der Waals surface area contributed by atoms with Gasteiger partial charge < -0.3 is 19.5 Å². The number of aliphatic imine (C=N–C) groups is 1. The normalized spacial score (nSPS) is 15.1. The Morgan fingerprint density at radius 1 is 1.32 bits per heavy atom. The van der Waals surface area contributed by atoms with Crippen LogP contribution in [0, 0.1) is 5.92 Å². The van der Waals surface area contributed by atoms with Crippen LogP contribution < -0.4 is 5.32 Å². The summed E-state index contributed by atoms with van der Waals surface area (Å²) in [5.41, 5.74) is 2.44. The topological polar surface area (TPSA) is 71.8 Å². The maximum Gasteiger partial charge on any atom is 0.308 e. The molecular weight excluding hydrogens is 469 g/mol. The Bertz CT molecular complexity index is 771. The van der Waals surface area contributed by atoms with E-state index in [4.69, 9.17) is 4.74 Å². The predicted molar refractivity (Wildman–Crippen MR) is 120 cm³/mol. The summed E-state index contributed by atoms with van der Waals surface area (Å²) in [7, 11) is 3.25. The average molecular weight is 497 g/mol. The summed E-state index contributed by atoms with van der Waals surface area (Å²) in [6, 6.07) is 8.51. The first-order valence-electron chi connectivity index (χ1n) is 9.26. The van der Waals surface area contributed by atoms with Crippen LogP contribution in [0.5, 0.6) is 0 Å². The Hall–Kier alpha value is -2.10. The Morgan fingerprint density at radius 3 is 2.71 bits per heavy atom. The zero-order chi connectivity index (χ0) is 19.1. The number of nitrogens with one attached hydrogen (secondary N) is 1. The molecule has 1 aliphatic rings. The number of carbonyl (C=O) groups is 1. The second-order valence-electron chi connectivity index (χ2n) is 6.74. The van der Waals surface area contributed by atoms with E-state index in [0.717, 1.165) is 38.4 Å². The SMILES string of the molecule is CN=C(NCc1cccc(Cn2ccnc2)c1)N1CCC(C(=O)OC)CC1.I. The number of hydrogen-bond acceptors (Lipinski definition) is 4. The molecule has 1 aromatic heterocycles. The van der Waals surface area contributed by atoms with Gasteiger partial charge in [-0.15, -0.1) is 24.0 Å². The van der Waals surface area contributed by atoms with Gasteiger partial charge in [0.1, 0.15) is 0 Å². The van der Waals surface area contributed by atoms with Crippen molar-refractivity contribution in [2.24, 2.45) is 10.9 Å². The van der Waals surface area contributed by atoms with Gasteiger partial charge in [0.25, 0.3) is 0 Å². The second-order valence-corrected chi connectivity index (χ2v) is 6.74. The third-order valence-corrected chi connectivity index (χ3v) is 4.91. The first kappa shape index (κ1) is 22.2. The molecular formula is C20H28IN5O2.